The number of nitrogens with one attached hydrogen (secondary N) is 1. The van der Waals surface area contributed by atoms with Crippen molar-refractivity contribution in [3.05, 3.63) is 65.0 Å². The minimum Gasteiger partial charge on any atom is -0.508 e. The van der Waals surface area contributed by atoms with Crippen LogP contribution in [0.3, 0.4) is 0 Å². The fourth-order valence-electron chi connectivity index (χ4n) is 3.49. The van der Waals surface area contributed by atoms with Gasteiger partial charge in [0, 0.05) is 5.56 Å². The van der Waals surface area contributed by atoms with E-state index in [0.29, 0.717) is 28.3 Å². The number of hydrogen-bond acceptors (Lipinski definition) is 7. The van der Waals surface area contributed by atoms with Gasteiger partial charge in [-0.05, 0) is 35.9 Å². The molecule has 1 atom stereocenters. The Hall–Kier alpha value is -4.12. The van der Waals surface area contributed by atoms with E-state index in [-0.39, 0.29) is 23.1 Å². The molecule has 1 aliphatic rings. The molecule has 0 saturated heterocycles. The SMILES string of the molecule is COc1ccc(-c2[nH]nc3c2C(c2cccc(O)c2)C(C#N)=C(N)O3)cc1OC. The van der Waals surface area contributed by atoms with Crippen LogP contribution in [0, 0.1) is 11.3 Å². The smallest absolute Gasteiger partial charge is 0.244 e. The molecule has 0 fully saturated rings. The third-order valence-corrected chi connectivity index (χ3v) is 4.81. The molecule has 0 amide bonds. The summed E-state index contributed by atoms with van der Waals surface area (Å²) in [4.78, 5) is 0. The summed E-state index contributed by atoms with van der Waals surface area (Å²) in [6.45, 7) is 0. The number of benzene rings is 2. The second kappa shape index (κ2) is 7.13. The number of fused-ring (bicyclic) bond motifs is 1. The van der Waals surface area contributed by atoms with Gasteiger partial charge in [-0.2, -0.15) is 5.26 Å². The van der Waals surface area contributed by atoms with Gasteiger partial charge >= 0.3 is 0 Å². The number of H-pyrrole nitrogens is 1. The summed E-state index contributed by atoms with van der Waals surface area (Å²) >= 11 is 0. The number of phenols is 1. The van der Waals surface area contributed by atoms with Gasteiger partial charge in [-0.3, -0.25) is 5.10 Å². The summed E-state index contributed by atoms with van der Waals surface area (Å²) in [5, 5.41) is 26.9. The maximum Gasteiger partial charge on any atom is 0.244 e. The number of nitriles is 1. The summed E-state index contributed by atoms with van der Waals surface area (Å²) in [5.41, 5.74) is 8.98. The van der Waals surface area contributed by atoms with Crippen LogP contribution in [0.2, 0.25) is 0 Å². The fourth-order valence-corrected chi connectivity index (χ4v) is 3.49. The molecule has 8 nitrogen and oxygen atoms in total. The summed E-state index contributed by atoms with van der Waals surface area (Å²) in [6, 6.07) is 14.3. The van der Waals surface area contributed by atoms with E-state index >= 15 is 0 Å². The Balaban J connectivity index is 1.93. The maximum atomic E-state index is 9.96. The van der Waals surface area contributed by atoms with Gasteiger partial charge in [0.2, 0.25) is 11.8 Å². The Kier molecular flexibility index (Phi) is 4.49. The van der Waals surface area contributed by atoms with Crippen molar-refractivity contribution in [1.29, 1.82) is 5.26 Å². The molecule has 146 valence electrons. The zero-order chi connectivity index (χ0) is 20.5. The predicted molar refractivity (Wildman–Crippen MR) is 105 cm³/mol. The number of hydrogen-bond donors (Lipinski definition) is 3. The van der Waals surface area contributed by atoms with E-state index in [1.807, 2.05) is 12.1 Å². The number of nitrogens with zero attached hydrogens (tertiary/aromatic N) is 2. The number of allylic oxidation sites excluding steroid dienone is 1. The van der Waals surface area contributed by atoms with Crippen LogP contribution in [0.15, 0.2) is 53.9 Å². The highest BCUT2D eigenvalue weighted by molar-refractivity contribution is 5.73. The number of ether oxygens (including phenoxy) is 3. The minimum absolute atomic E-state index is 0.0151. The number of aromatic nitrogens is 2. The van der Waals surface area contributed by atoms with Crippen LogP contribution >= 0.6 is 0 Å². The molecule has 29 heavy (non-hydrogen) atoms. The second-order valence-corrected chi connectivity index (χ2v) is 6.41. The Morgan fingerprint density at radius 3 is 2.66 bits per heavy atom. The monoisotopic (exact) mass is 390 g/mol. The third kappa shape index (κ3) is 2.99. The van der Waals surface area contributed by atoms with E-state index in [2.05, 4.69) is 16.3 Å². The van der Waals surface area contributed by atoms with Gasteiger partial charge in [0.25, 0.3) is 0 Å². The first kappa shape index (κ1) is 18.3. The van der Waals surface area contributed by atoms with Crippen LogP contribution in [0.4, 0.5) is 0 Å². The molecule has 8 heteroatoms. The maximum absolute atomic E-state index is 9.96. The molecule has 2 aromatic carbocycles. The van der Waals surface area contributed by atoms with E-state index in [1.165, 1.54) is 0 Å². The van der Waals surface area contributed by atoms with Crippen molar-refractivity contribution in [1.82, 2.24) is 10.2 Å². The number of phenolic OH excluding ortho intramolecular Hbond substituents is 1. The molecule has 0 bridgehead atoms. The number of rotatable bonds is 4. The van der Waals surface area contributed by atoms with Gasteiger partial charge in [-0.25, -0.2) is 0 Å². The van der Waals surface area contributed by atoms with Crippen molar-refractivity contribution in [2.75, 3.05) is 14.2 Å². The third-order valence-electron chi connectivity index (χ3n) is 4.81. The molecule has 0 aliphatic carbocycles. The van der Waals surface area contributed by atoms with Crippen molar-refractivity contribution in [3.63, 3.8) is 0 Å². The lowest BCUT2D eigenvalue weighted by molar-refractivity contribution is 0.355. The van der Waals surface area contributed by atoms with E-state index < -0.39 is 5.92 Å². The molecule has 0 saturated carbocycles. The predicted octanol–water partition coefficient (Wildman–Crippen LogP) is 3.02. The molecule has 3 aromatic rings. The number of nitrogens with two attached hydrogens (primary N) is 1. The first-order valence-corrected chi connectivity index (χ1v) is 8.74. The Bertz CT molecular complexity index is 1160. The molecular formula is C21H18N4O4. The van der Waals surface area contributed by atoms with Crippen molar-refractivity contribution >= 4 is 0 Å². The molecule has 1 aromatic heterocycles. The van der Waals surface area contributed by atoms with Gasteiger partial charge in [-0.1, -0.05) is 12.1 Å². The summed E-state index contributed by atoms with van der Waals surface area (Å²) < 4.78 is 16.3. The van der Waals surface area contributed by atoms with E-state index in [1.54, 1.807) is 44.6 Å². The highest BCUT2D eigenvalue weighted by Crippen LogP contribution is 2.46. The largest absolute Gasteiger partial charge is 0.508 e. The zero-order valence-electron chi connectivity index (χ0n) is 15.8. The highest BCUT2D eigenvalue weighted by atomic mass is 16.5. The summed E-state index contributed by atoms with van der Waals surface area (Å²) in [6.07, 6.45) is 0. The lowest BCUT2D eigenvalue weighted by Crippen LogP contribution is -2.20. The van der Waals surface area contributed by atoms with Gasteiger partial charge in [0.05, 0.1) is 31.4 Å². The second-order valence-electron chi connectivity index (χ2n) is 6.41. The molecular weight excluding hydrogens is 372 g/mol. The molecule has 1 aliphatic heterocycles. The van der Waals surface area contributed by atoms with Crippen molar-refractivity contribution in [2.24, 2.45) is 5.73 Å². The van der Waals surface area contributed by atoms with Crippen LogP contribution < -0.4 is 19.9 Å². The fraction of sp³-hybridized carbons (Fsp3) is 0.143. The van der Waals surface area contributed by atoms with Gasteiger partial charge in [0.1, 0.15) is 17.4 Å². The van der Waals surface area contributed by atoms with Gasteiger partial charge in [-0.15, -0.1) is 5.10 Å². The number of aromatic amines is 1. The van der Waals surface area contributed by atoms with Crippen molar-refractivity contribution in [3.8, 4) is 40.5 Å². The first-order chi connectivity index (χ1) is 14.1. The molecule has 1 unspecified atom stereocenters. The van der Waals surface area contributed by atoms with Crippen LogP contribution in [0.5, 0.6) is 23.1 Å². The van der Waals surface area contributed by atoms with Crippen LogP contribution in [-0.4, -0.2) is 29.5 Å². The average Bonchev–Trinajstić information content (AvgIpc) is 3.15. The Labute approximate surface area is 166 Å². The highest BCUT2D eigenvalue weighted by Gasteiger charge is 2.35. The van der Waals surface area contributed by atoms with E-state index in [0.717, 1.165) is 5.56 Å². The standard InChI is InChI=1S/C21H18N4O4/c1-27-15-7-6-12(9-16(15)28-2)19-18-17(11-4-3-5-13(26)8-11)14(10-22)20(23)29-21(18)25-24-19/h3-9,17,26H,23H2,1-2H3,(H,24,25). The normalized spacial score (nSPS) is 15.3. The average molecular weight is 390 g/mol. The van der Waals surface area contributed by atoms with Gasteiger partial charge in [0.15, 0.2) is 11.5 Å². The molecule has 2 heterocycles. The van der Waals surface area contributed by atoms with Crippen LogP contribution in [0.25, 0.3) is 11.3 Å². The summed E-state index contributed by atoms with van der Waals surface area (Å²) in [5.74, 6) is 0.931. The quantitative estimate of drug-likeness (QED) is 0.625. The first-order valence-electron chi connectivity index (χ1n) is 8.74. The zero-order valence-corrected chi connectivity index (χ0v) is 15.8. The van der Waals surface area contributed by atoms with E-state index in [4.69, 9.17) is 19.9 Å². The van der Waals surface area contributed by atoms with Crippen LogP contribution in [-0.2, 0) is 0 Å². The minimum atomic E-state index is -0.558. The van der Waals surface area contributed by atoms with Crippen molar-refractivity contribution in [2.45, 2.75) is 5.92 Å². The van der Waals surface area contributed by atoms with Crippen LogP contribution in [0.1, 0.15) is 17.0 Å². The molecule has 0 radical (unpaired) electrons. The number of methoxy groups -OCH3 is 2. The molecule has 4 N–H and O–H groups in total. The lowest BCUT2D eigenvalue weighted by atomic mass is 9.83. The topological polar surface area (TPSA) is 126 Å². The Morgan fingerprint density at radius 1 is 1.17 bits per heavy atom. The van der Waals surface area contributed by atoms with Gasteiger partial charge < -0.3 is 25.1 Å². The number of aromatic hydroxyl groups is 1. The lowest BCUT2D eigenvalue weighted by Gasteiger charge is -2.24. The summed E-state index contributed by atoms with van der Waals surface area (Å²) in [7, 11) is 3.12. The van der Waals surface area contributed by atoms with Crippen molar-refractivity contribution < 1.29 is 19.3 Å². The Morgan fingerprint density at radius 2 is 1.97 bits per heavy atom. The molecule has 0 spiro atoms. The molecule has 4 rings (SSSR count). The van der Waals surface area contributed by atoms with E-state index in [9.17, 15) is 10.4 Å².